The van der Waals surface area contributed by atoms with Crippen molar-refractivity contribution >= 4 is 23.4 Å². The van der Waals surface area contributed by atoms with E-state index in [2.05, 4.69) is 10.4 Å². The van der Waals surface area contributed by atoms with Gasteiger partial charge in [-0.25, -0.2) is 0 Å². The molecule has 15 heavy (non-hydrogen) atoms. The van der Waals surface area contributed by atoms with Gasteiger partial charge in [0.25, 0.3) is 0 Å². The Bertz CT molecular complexity index is 400. The third kappa shape index (κ3) is 1.65. The van der Waals surface area contributed by atoms with Crippen LogP contribution in [0.2, 0.25) is 0 Å². The number of nitrogens with zero attached hydrogens (tertiary/aromatic N) is 2. The number of carbonyl (C=O) groups is 1. The highest BCUT2D eigenvalue weighted by molar-refractivity contribution is 8.00. The summed E-state index contributed by atoms with van der Waals surface area (Å²) in [5, 5.41) is 8.46. The van der Waals surface area contributed by atoms with Crippen molar-refractivity contribution in [2.24, 2.45) is 7.05 Å². The normalized spacial score (nSPS) is 19.9. The number of anilines is 1. The number of fused-ring (bicyclic) bond motifs is 1. The molecular formula is C10H15N3OS. The van der Waals surface area contributed by atoms with E-state index < -0.39 is 0 Å². The number of hydrogen-bond acceptors (Lipinski definition) is 3. The van der Waals surface area contributed by atoms with Gasteiger partial charge in [-0.2, -0.15) is 5.10 Å². The number of hydrogen-bond donors (Lipinski definition) is 1. The molecule has 0 aromatic carbocycles. The highest BCUT2D eigenvalue weighted by Gasteiger charge is 2.30. The molecule has 1 unspecified atom stereocenters. The van der Waals surface area contributed by atoms with Gasteiger partial charge in [0.05, 0.1) is 16.6 Å². The van der Waals surface area contributed by atoms with E-state index in [1.165, 1.54) is 0 Å². The van der Waals surface area contributed by atoms with E-state index in [0.717, 1.165) is 29.2 Å². The van der Waals surface area contributed by atoms with E-state index in [9.17, 15) is 4.79 Å². The van der Waals surface area contributed by atoms with E-state index in [4.69, 9.17) is 0 Å². The fourth-order valence-corrected chi connectivity index (χ4v) is 2.81. The van der Waals surface area contributed by atoms with E-state index in [1.54, 1.807) is 11.8 Å². The average molecular weight is 225 g/mol. The monoisotopic (exact) mass is 225 g/mol. The molecule has 1 N–H and O–H groups in total. The Morgan fingerprint density at radius 1 is 1.53 bits per heavy atom. The predicted molar refractivity (Wildman–Crippen MR) is 61.2 cm³/mol. The Morgan fingerprint density at radius 2 is 2.27 bits per heavy atom. The van der Waals surface area contributed by atoms with Crippen molar-refractivity contribution in [2.75, 3.05) is 5.32 Å². The van der Waals surface area contributed by atoms with Crippen molar-refractivity contribution in [1.29, 1.82) is 0 Å². The van der Waals surface area contributed by atoms with Crippen LogP contribution in [0, 0.1) is 0 Å². The Hall–Kier alpha value is -0.970. The largest absolute Gasteiger partial charge is 0.321 e. The summed E-state index contributed by atoms with van der Waals surface area (Å²) in [6.45, 7) is 4.07. The van der Waals surface area contributed by atoms with Gasteiger partial charge in [-0.15, -0.1) is 0 Å². The molecule has 1 aromatic heterocycles. The summed E-state index contributed by atoms with van der Waals surface area (Å²) in [5.74, 6) is 0.109. The van der Waals surface area contributed by atoms with E-state index in [1.807, 2.05) is 25.6 Å². The van der Waals surface area contributed by atoms with Crippen LogP contribution in [0.15, 0.2) is 5.03 Å². The summed E-state index contributed by atoms with van der Waals surface area (Å²) in [6.07, 6.45) is 1.70. The van der Waals surface area contributed by atoms with Crippen LogP contribution in [0.1, 0.15) is 26.0 Å². The van der Waals surface area contributed by atoms with Gasteiger partial charge in [-0.05, 0) is 12.8 Å². The van der Waals surface area contributed by atoms with Crippen molar-refractivity contribution < 1.29 is 4.79 Å². The van der Waals surface area contributed by atoms with Gasteiger partial charge in [0.2, 0.25) is 5.91 Å². The highest BCUT2D eigenvalue weighted by Crippen LogP contribution is 2.38. The zero-order valence-corrected chi connectivity index (χ0v) is 10.0. The highest BCUT2D eigenvalue weighted by atomic mass is 32.2. The lowest BCUT2D eigenvalue weighted by atomic mass is 10.2. The second kappa shape index (κ2) is 3.89. The molecular weight excluding hydrogens is 210 g/mol. The van der Waals surface area contributed by atoms with Crippen LogP contribution in [-0.4, -0.2) is 20.9 Å². The van der Waals surface area contributed by atoms with Crippen molar-refractivity contribution in [2.45, 2.75) is 37.0 Å². The van der Waals surface area contributed by atoms with E-state index in [-0.39, 0.29) is 11.2 Å². The molecule has 1 aliphatic heterocycles. The van der Waals surface area contributed by atoms with Crippen LogP contribution < -0.4 is 5.32 Å². The topological polar surface area (TPSA) is 46.9 Å². The van der Waals surface area contributed by atoms with Crippen LogP contribution in [0.4, 0.5) is 5.69 Å². The van der Waals surface area contributed by atoms with Gasteiger partial charge in [0.15, 0.2) is 0 Å². The van der Waals surface area contributed by atoms with Gasteiger partial charge in [-0.1, -0.05) is 25.6 Å². The second-order valence-corrected chi connectivity index (χ2v) is 4.80. The molecule has 0 spiro atoms. The number of thioether (sulfide) groups is 1. The number of nitrogens with one attached hydrogen (secondary N) is 1. The lowest BCUT2D eigenvalue weighted by molar-refractivity contribution is -0.115. The number of amides is 1. The van der Waals surface area contributed by atoms with Crippen LogP contribution >= 0.6 is 11.8 Å². The number of aryl methyl sites for hydroxylation is 2. The molecule has 1 aliphatic rings. The smallest absolute Gasteiger partial charge is 0.238 e. The average Bonchev–Trinajstić information content (AvgIpc) is 2.54. The lowest BCUT2D eigenvalue weighted by Gasteiger charge is -2.21. The second-order valence-electron chi connectivity index (χ2n) is 3.61. The molecule has 5 heteroatoms. The minimum atomic E-state index is 0.0256. The van der Waals surface area contributed by atoms with Crippen molar-refractivity contribution in [3.63, 3.8) is 0 Å². The summed E-state index contributed by atoms with van der Waals surface area (Å²) >= 11 is 1.62. The summed E-state index contributed by atoms with van der Waals surface area (Å²) < 4.78 is 1.86. The predicted octanol–water partition coefficient (Wildman–Crippen LogP) is 1.81. The van der Waals surface area contributed by atoms with Crippen LogP contribution in [0.3, 0.4) is 0 Å². The van der Waals surface area contributed by atoms with Crippen molar-refractivity contribution in [3.8, 4) is 0 Å². The van der Waals surface area contributed by atoms with E-state index in [0.29, 0.717) is 0 Å². The SMILES string of the molecule is CCc1nn(C)c2c1NC(=O)C(CC)S2. The van der Waals surface area contributed by atoms with Crippen LogP contribution in [-0.2, 0) is 18.3 Å². The maximum Gasteiger partial charge on any atom is 0.238 e. The quantitative estimate of drug-likeness (QED) is 0.835. The van der Waals surface area contributed by atoms with E-state index >= 15 is 0 Å². The third-order valence-electron chi connectivity index (χ3n) is 2.57. The molecule has 4 nitrogen and oxygen atoms in total. The molecule has 0 saturated carbocycles. The Morgan fingerprint density at radius 3 is 2.87 bits per heavy atom. The molecule has 2 heterocycles. The van der Waals surface area contributed by atoms with Gasteiger partial charge < -0.3 is 5.32 Å². The molecule has 0 radical (unpaired) electrons. The molecule has 0 fully saturated rings. The van der Waals surface area contributed by atoms with Gasteiger partial charge in [0, 0.05) is 7.05 Å². The Balaban J connectivity index is 2.41. The Labute approximate surface area is 93.4 Å². The zero-order chi connectivity index (χ0) is 11.0. The molecule has 2 rings (SSSR count). The zero-order valence-electron chi connectivity index (χ0n) is 9.20. The Kier molecular flexibility index (Phi) is 2.73. The molecule has 0 aliphatic carbocycles. The molecule has 1 aromatic rings. The molecule has 0 saturated heterocycles. The fraction of sp³-hybridized carbons (Fsp3) is 0.600. The van der Waals surface area contributed by atoms with Gasteiger partial charge in [0.1, 0.15) is 5.03 Å². The number of rotatable bonds is 2. The molecule has 0 bridgehead atoms. The van der Waals surface area contributed by atoms with Gasteiger partial charge >= 0.3 is 0 Å². The van der Waals surface area contributed by atoms with Crippen LogP contribution in [0.5, 0.6) is 0 Å². The first-order valence-electron chi connectivity index (χ1n) is 5.20. The first kappa shape index (κ1) is 10.5. The lowest BCUT2D eigenvalue weighted by Crippen LogP contribution is -2.28. The van der Waals surface area contributed by atoms with Crippen molar-refractivity contribution in [3.05, 3.63) is 5.69 Å². The minimum absolute atomic E-state index is 0.0256. The summed E-state index contributed by atoms with van der Waals surface area (Å²) in [7, 11) is 1.93. The van der Waals surface area contributed by atoms with Gasteiger partial charge in [-0.3, -0.25) is 9.48 Å². The summed E-state index contributed by atoms with van der Waals surface area (Å²) in [4.78, 5) is 11.7. The molecule has 1 atom stereocenters. The number of aromatic nitrogens is 2. The standard InChI is InChI=1S/C10H15N3OS/c1-4-6-8-10(13(3)12-6)15-7(5-2)9(14)11-8/h7H,4-5H2,1-3H3,(H,11,14). The fourth-order valence-electron chi connectivity index (χ4n) is 1.73. The minimum Gasteiger partial charge on any atom is -0.321 e. The maximum atomic E-state index is 11.7. The summed E-state index contributed by atoms with van der Waals surface area (Å²) in [6, 6.07) is 0. The number of carbonyl (C=O) groups excluding carboxylic acids is 1. The molecule has 1 amide bonds. The maximum absolute atomic E-state index is 11.7. The molecule has 82 valence electrons. The first-order chi connectivity index (χ1) is 7.17. The third-order valence-corrected chi connectivity index (χ3v) is 4.09. The van der Waals surface area contributed by atoms with Crippen LogP contribution in [0.25, 0.3) is 0 Å². The summed E-state index contributed by atoms with van der Waals surface area (Å²) in [5.41, 5.74) is 1.89. The first-order valence-corrected chi connectivity index (χ1v) is 6.08. The van der Waals surface area contributed by atoms with Crippen molar-refractivity contribution in [1.82, 2.24) is 9.78 Å².